The molecule has 3 heteroatoms. The van der Waals surface area contributed by atoms with Gasteiger partial charge >= 0.3 is 0 Å². The number of anilines is 1. The van der Waals surface area contributed by atoms with E-state index in [0.717, 1.165) is 28.2 Å². The standard InChI is InChI=1S/C18H18N2O/c1-3-20-17-11-13(2)9-10-15(17)19-16(12-18(20)21)14-7-5-4-6-8-14/h4-11H,3,12H2,1-2H3. The van der Waals surface area contributed by atoms with Gasteiger partial charge in [0.05, 0.1) is 23.5 Å². The van der Waals surface area contributed by atoms with Crippen LogP contribution in [0.5, 0.6) is 0 Å². The number of carbonyl (C=O) groups is 1. The molecule has 106 valence electrons. The third-order valence-corrected chi connectivity index (χ3v) is 3.72. The van der Waals surface area contributed by atoms with Crippen LogP contribution >= 0.6 is 0 Å². The highest BCUT2D eigenvalue weighted by atomic mass is 16.2. The molecular weight excluding hydrogens is 260 g/mol. The number of hydrogen-bond donors (Lipinski definition) is 0. The van der Waals surface area contributed by atoms with Gasteiger partial charge in [-0.25, -0.2) is 0 Å². The molecule has 0 saturated heterocycles. The molecule has 1 aliphatic rings. The van der Waals surface area contributed by atoms with Gasteiger partial charge in [0.25, 0.3) is 0 Å². The molecule has 3 rings (SSSR count). The number of carbonyl (C=O) groups excluding carboxylic acids is 1. The SMILES string of the molecule is CCN1C(=O)CC(c2ccccc2)=Nc2ccc(C)cc21. The smallest absolute Gasteiger partial charge is 0.233 e. The second-order valence-electron chi connectivity index (χ2n) is 5.23. The molecule has 0 aromatic heterocycles. The Hall–Kier alpha value is -2.42. The van der Waals surface area contributed by atoms with Crippen LogP contribution in [0, 0.1) is 6.92 Å². The van der Waals surface area contributed by atoms with Crippen LogP contribution in [0.25, 0.3) is 0 Å². The van der Waals surface area contributed by atoms with E-state index in [9.17, 15) is 4.79 Å². The van der Waals surface area contributed by atoms with Gasteiger partial charge in [-0.05, 0) is 37.1 Å². The summed E-state index contributed by atoms with van der Waals surface area (Å²) < 4.78 is 0. The molecule has 3 nitrogen and oxygen atoms in total. The molecule has 0 spiro atoms. The molecule has 0 N–H and O–H groups in total. The maximum atomic E-state index is 12.5. The Labute approximate surface area is 124 Å². The summed E-state index contributed by atoms with van der Waals surface area (Å²) in [6.07, 6.45) is 0.339. The highest BCUT2D eigenvalue weighted by molar-refractivity contribution is 6.17. The van der Waals surface area contributed by atoms with Gasteiger partial charge in [-0.3, -0.25) is 9.79 Å². The zero-order chi connectivity index (χ0) is 14.8. The Balaban J connectivity index is 2.15. The minimum Gasteiger partial charge on any atom is -0.310 e. The molecule has 0 radical (unpaired) electrons. The van der Waals surface area contributed by atoms with E-state index >= 15 is 0 Å². The highest BCUT2D eigenvalue weighted by Crippen LogP contribution is 2.33. The second kappa shape index (κ2) is 5.52. The molecule has 1 aliphatic heterocycles. The molecule has 0 bridgehead atoms. The lowest BCUT2D eigenvalue weighted by Gasteiger charge is -2.20. The molecule has 0 unspecified atom stereocenters. The average molecular weight is 278 g/mol. The van der Waals surface area contributed by atoms with Crippen LogP contribution in [0.15, 0.2) is 53.5 Å². The lowest BCUT2D eigenvalue weighted by atomic mass is 10.1. The van der Waals surface area contributed by atoms with Crippen LogP contribution in [-0.4, -0.2) is 18.2 Å². The third kappa shape index (κ3) is 2.59. The molecule has 1 amide bonds. The predicted molar refractivity (Wildman–Crippen MR) is 86.5 cm³/mol. The van der Waals surface area contributed by atoms with E-state index in [-0.39, 0.29) is 5.91 Å². The van der Waals surface area contributed by atoms with Crippen molar-refractivity contribution in [3.8, 4) is 0 Å². The molecule has 2 aromatic rings. The molecule has 0 aliphatic carbocycles. The van der Waals surface area contributed by atoms with Gasteiger partial charge in [0.2, 0.25) is 5.91 Å². The summed E-state index contributed by atoms with van der Waals surface area (Å²) >= 11 is 0. The first-order valence-corrected chi connectivity index (χ1v) is 7.23. The molecular formula is C18H18N2O. The van der Waals surface area contributed by atoms with E-state index in [1.807, 2.05) is 67.3 Å². The van der Waals surface area contributed by atoms with Gasteiger partial charge in [0.1, 0.15) is 0 Å². The summed E-state index contributed by atoms with van der Waals surface area (Å²) in [4.78, 5) is 19.1. The fraction of sp³-hybridized carbons (Fsp3) is 0.222. The third-order valence-electron chi connectivity index (χ3n) is 3.72. The predicted octanol–water partition coefficient (Wildman–Crippen LogP) is 3.87. The van der Waals surface area contributed by atoms with Crippen molar-refractivity contribution >= 4 is 23.0 Å². The van der Waals surface area contributed by atoms with Crippen LogP contribution in [0.1, 0.15) is 24.5 Å². The quantitative estimate of drug-likeness (QED) is 0.820. The number of fused-ring (bicyclic) bond motifs is 1. The van der Waals surface area contributed by atoms with Crippen molar-refractivity contribution in [1.82, 2.24) is 0 Å². The average Bonchev–Trinajstić information content (AvgIpc) is 2.63. The first-order chi connectivity index (χ1) is 10.2. The first kappa shape index (κ1) is 13.6. The van der Waals surface area contributed by atoms with Gasteiger partial charge in [-0.1, -0.05) is 36.4 Å². The fourth-order valence-electron chi connectivity index (χ4n) is 2.65. The van der Waals surface area contributed by atoms with E-state index in [1.165, 1.54) is 0 Å². The van der Waals surface area contributed by atoms with Gasteiger partial charge < -0.3 is 4.90 Å². The molecule has 1 heterocycles. The number of aryl methyl sites for hydroxylation is 1. The normalized spacial score (nSPS) is 14.5. The first-order valence-electron chi connectivity index (χ1n) is 7.23. The minimum absolute atomic E-state index is 0.101. The topological polar surface area (TPSA) is 32.7 Å². The largest absolute Gasteiger partial charge is 0.310 e. The summed E-state index contributed by atoms with van der Waals surface area (Å²) in [6, 6.07) is 16.0. The van der Waals surface area contributed by atoms with Crippen molar-refractivity contribution < 1.29 is 4.79 Å². The summed E-state index contributed by atoms with van der Waals surface area (Å²) in [5.41, 5.74) is 4.76. The van der Waals surface area contributed by atoms with Gasteiger partial charge in [-0.2, -0.15) is 0 Å². The number of hydrogen-bond acceptors (Lipinski definition) is 2. The van der Waals surface area contributed by atoms with Gasteiger partial charge in [0.15, 0.2) is 0 Å². The van der Waals surface area contributed by atoms with Crippen molar-refractivity contribution in [1.29, 1.82) is 0 Å². The van der Waals surface area contributed by atoms with E-state index < -0.39 is 0 Å². The lowest BCUT2D eigenvalue weighted by Crippen LogP contribution is -2.31. The number of rotatable bonds is 2. The summed E-state index contributed by atoms with van der Waals surface area (Å²) in [5, 5.41) is 0. The van der Waals surface area contributed by atoms with Crippen LogP contribution in [0.3, 0.4) is 0 Å². The second-order valence-corrected chi connectivity index (χ2v) is 5.23. The Bertz CT molecular complexity index is 704. The molecule has 0 fully saturated rings. The minimum atomic E-state index is 0.101. The van der Waals surface area contributed by atoms with Crippen LogP contribution in [0.2, 0.25) is 0 Å². The fourth-order valence-corrected chi connectivity index (χ4v) is 2.65. The summed E-state index contributed by atoms with van der Waals surface area (Å²) in [6.45, 7) is 4.69. The zero-order valence-corrected chi connectivity index (χ0v) is 12.3. The van der Waals surface area contributed by atoms with E-state index in [4.69, 9.17) is 4.99 Å². The summed E-state index contributed by atoms with van der Waals surface area (Å²) in [7, 11) is 0. The van der Waals surface area contributed by atoms with Crippen LogP contribution in [-0.2, 0) is 4.79 Å². The monoisotopic (exact) mass is 278 g/mol. The van der Waals surface area contributed by atoms with Crippen molar-refractivity contribution in [2.45, 2.75) is 20.3 Å². The van der Waals surface area contributed by atoms with Crippen molar-refractivity contribution in [2.24, 2.45) is 4.99 Å². The number of amides is 1. The van der Waals surface area contributed by atoms with Crippen molar-refractivity contribution in [3.63, 3.8) is 0 Å². The molecule has 0 atom stereocenters. The number of benzene rings is 2. The molecule has 21 heavy (non-hydrogen) atoms. The maximum absolute atomic E-state index is 12.5. The molecule has 0 saturated carbocycles. The Morgan fingerprint density at radius 3 is 2.62 bits per heavy atom. The van der Waals surface area contributed by atoms with Gasteiger partial charge in [0, 0.05) is 6.54 Å². The van der Waals surface area contributed by atoms with Crippen LogP contribution < -0.4 is 4.90 Å². The number of aliphatic imine (C=N–C) groups is 1. The highest BCUT2D eigenvalue weighted by Gasteiger charge is 2.23. The van der Waals surface area contributed by atoms with E-state index in [0.29, 0.717) is 13.0 Å². The zero-order valence-electron chi connectivity index (χ0n) is 12.3. The maximum Gasteiger partial charge on any atom is 0.233 e. The van der Waals surface area contributed by atoms with Gasteiger partial charge in [-0.15, -0.1) is 0 Å². The van der Waals surface area contributed by atoms with Crippen LogP contribution in [0.4, 0.5) is 11.4 Å². The number of nitrogens with zero attached hydrogens (tertiary/aromatic N) is 2. The lowest BCUT2D eigenvalue weighted by molar-refractivity contribution is -0.117. The van der Waals surface area contributed by atoms with E-state index in [2.05, 4.69) is 0 Å². The molecule has 2 aromatic carbocycles. The Morgan fingerprint density at radius 1 is 1.14 bits per heavy atom. The Kier molecular flexibility index (Phi) is 3.57. The summed E-state index contributed by atoms with van der Waals surface area (Å²) in [5.74, 6) is 0.101. The Morgan fingerprint density at radius 2 is 1.90 bits per heavy atom. The van der Waals surface area contributed by atoms with Crippen molar-refractivity contribution in [2.75, 3.05) is 11.4 Å². The van der Waals surface area contributed by atoms with Crippen molar-refractivity contribution in [3.05, 3.63) is 59.7 Å². The van der Waals surface area contributed by atoms with E-state index in [1.54, 1.807) is 0 Å².